The summed E-state index contributed by atoms with van der Waals surface area (Å²) >= 11 is 7.83. The minimum Gasteiger partial charge on any atom is -0.486 e. The van der Waals surface area contributed by atoms with Gasteiger partial charge in [0.15, 0.2) is 17.3 Å². The Hall–Kier alpha value is -2.18. The van der Waals surface area contributed by atoms with Crippen LogP contribution in [-0.4, -0.2) is 49.1 Å². The number of fused-ring (bicyclic) bond motifs is 1. The minimum absolute atomic E-state index is 0.0730. The van der Waals surface area contributed by atoms with Gasteiger partial charge in [0.25, 0.3) is 5.91 Å². The zero-order valence-electron chi connectivity index (χ0n) is 16.2. The molecule has 0 spiro atoms. The standard InChI is InChI=1S/C22H22ClNO4S/c1-29-16-3-4-18(23)17(13-16)22(26)24-8-6-14(7-9-24)21(25)15-2-5-19-20(12-15)28-11-10-27-19/h2-5,12-14H,6-11H2,1H3. The van der Waals surface area contributed by atoms with Gasteiger partial charge < -0.3 is 14.4 Å². The molecule has 0 aliphatic carbocycles. The number of hydrogen-bond acceptors (Lipinski definition) is 5. The van der Waals surface area contributed by atoms with Crippen molar-refractivity contribution in [1.29, 1.82) is 0 Å². The van der Waals surface area contributed by atoms with Crippen LogP contribution in [0.15, 0.2) is 41.3 Å². The molecule has 1 fully saturated rings. The van der Waals surface area contributed by atoms with E-state index in [1.54, 1.807) is 40.9 Å². The number of likely N-dealkylation sites (tertiary alicyclic amines) is 1. The van der Waals surface area contributed by atoms with Gasteiger partial charge in [0.2, 0.25) is 0 Å². The number of piperidine rings is 1. The van der Waals surface area contributed by atoms with E-state index < -0.39 is 0 Å². The first kappa shape index (κ1) is 20.1. The van der Waals surface area contributed by atoms with E-state index in [1.807, 2.05) is 18.4 Å². The molecular weight excluding hydrogens is 410 g/mol. The maximum Gasteiger partial charge on any atom is 0.255 e. The van der Waals surface area contributed by atoms with Gasteiger partial charge in [-0.05, 0) is 55.5 Å². The fourth-order valence-electron chi connectivity index (χ4n) is 3.74. The quantitative estimate of drug-likeness (QED) is 0.524. The first-order chi connectivity index (χ1) is 14.1. The van der Waals surface area contributed by atoms with Gasteiger partial charge in [-0.15, -0.1) is 11.8 Å². The molecule has 0 N–H and O–H groups in total. The summed E-state index contributed by atoms with van der Waals surface area (Å²) in [5.74, 6) is 1.22. The van der Waals surface area contributed by atoms with Gasteiger partial charge in [0.1, 0.15) is 13.2 Å². The van der Waals surface area contributed by atoms with Crippen LogP contribution in [-0.2, 0) is 0 Å². The van der Waals surface area contributed by atoms with E-state index in [4.69, 9.17) is 21.1 Å². The maximum absolute atomic E-state index is 12.9. The molecule has 1 saturated heterocycles. The SMILES string of the molecule is CSc1ccc(Cl)c(C(=O)N2CCC(C(=O)c3ccc4c(c3)OCCO4)CC2)c1. The molecule has 0 saturated carbocycles. The van der Waals surface area contributed by atoms with Crippen LogP contribution < -0.4 is 9.47 Å². The van der Waals surface area contributed by atoms with Crippen molar-refractivity contribution in [3.63, 3.8) is 0 Å². The number of Topliss-reactive ketones (excluding diaryl/α,β-unsaturated/α-hetero) is 1. The number of carbonyl (C=O) groups excluding carboxylic acids is 2. The molecule has 152 valence electrons. The van der Waals surface area contributed by atoms with E-state index in [9.17, 15) is 9.59 Å². The molecule has 2 heterocycles. The summed E-state index contributed by atoms with van der Waals surface area (Å²) in [5.41, 5.74) is 1.16. The molecule has 0 atom stereocenters. The van der Waals surface area contributed by atoms with Crippen molar-refractivity contribution in [3.05, 3.63) is 52.5 Å². The highest BCUT2D eigenvalue weighted by molar-refractivity contribution is 7.98. The third-order valence-corrected chi connectivity index (χ3v) is 6.44. The summed E-state index contributed by atoms with van der Waals surface area (Å²) in [6.45, 7) is 2.10. The van der Waals surface area contributed by atoms with Crippen molar-refractivity contribution < 1.29 is 19.1 Å². The lowest BCUT2D eigenvalue weighted by Gasteiger charge is -2.31. The minimum atomic E-state index is -0.102. The molecule has 2 aliphatic heterocycles. The summed E-state index contributed by atoms with van der Waals surface area (Å²) in [5, 5.41) is 0.460. The van der Waals surface area contributed by atoms with Crippen LogP contribution in [0.3, 0.4) is 0 Å². The third kappa shape index (κ3) is 4.23. The van der Waals surface area contributed by atoms with E-state index in [0.717, 1.165) is 4.90 Å². The fraction of sp³-hybridized carbons (Fsp3) is 0.364. The highest BCUT2D eigenvalue weighted by Crippen LogP contribution is 2.33. The van der Waals surface area contributed by atoms with Crippen LogP contribution in [0.1, 0.15) is 33.6 Å². The molecule has 0 aromatic heterocycles. The summed E-state index contributed by atoms with van der Waals surface area (Å²) in [7, 11) is 0. The summed E-state index contributed by atoms with van der Waals surface area (Å²) < 4.78 is 11.1. The highest BCUT2D eigenvalue weighted by atomic mass is 35.5. The Morgan fingerprint density at radius 1 is 1.03 bits per heavy atom. The van der Waals surface area contributed by atoms with Gasteiger partial charge in [0.05, 0.1) is 10.6 Å². The zero-order valence-corrected chi connectivity index (χ0v) is 17.7. The predicted octanol–water partition coefficient (Wildman–Crippen LogP) is 4.57. The second kappa shape index (κ2) is 8.67. The number of benzene rings is 2. The predicted molar refractivity (Wildman–Crippen MR) is 114 cm³/mol. The largest absolute Gasteiger partial charge is 0.486 e. The van der Waals surface area contributed by atoms with Gasteiger partial charge in [0, 0.05) is 29.5 Å². The Labute approximate surface area is 179 Å². The molecular formula is C22H22ClNO4S. The maximum atomic E-state index is 12.9. The average Bonchev–Trinajstić information content (AvgIpc) is 2.78. The smallest absolute Gasteiger partial charge is 0.255 e. The summed E-state index contributed by atoms with van der Waals surface area (Å²) in [4.78, 5) is 28.7. The number of hydrogen-bond donors (Lipinski definition) is 0. The van der Waals surface area contributed by atoms with Gasteiger partial charge in [-0.25, -0.2) is 0 Å². The molecule has 2 aliphatic rings. The molecule has 4 rings (SSSR count). The number of thioether (sulfide) groups is 1. The number of rotatable bonds is 4. The van der Waals surface area contributed by atoms with Gasteiger partial charge in [-0.2, -0.15) is 0 Å². The van der Waals surface area contributed by atoms with E-state index in [0.29, 0.717) is 66.8 Å². The van der Waals surface area contributed by atoms with Crippen LogP contribution in [0, 0.1) is 5.92 Å². The Kier molecular flexibility index (Phi) is 6.01. The van der Waals surface area contributed by atoms with Crippen LogP contribution >= 0.6 is 23.4 Å². The number of amides is 1. The molecule has 29 heavy (non-hydrogen) atoms. The lowest BCUT2D eigenvalue weighted by Crippen LogP contribution is -2.40. The van der Waals surface area contributed by atoms with E-state index >= 15 is 0 Å². The van der Waals surface area contributed by atoms with E-state index in [1.165, 1.54) is 0 Å². The molecule has 7 heteroatoms. The molecule has 0 radical (unpaired) electrons. The molecule has 2 aromatic rings. The first-order valence-corrected chi connectivity index (χ1v) is 11.2. The van der Waals surface area contributed by atoms with Crippen molar-refractivity contribution in [2.45, 2.75) is 17.7 Å². The number of nitrogens with zero attached hydrogens (tertiary/aromatic N) is 1. The molecule has 1 amide bonds. The molecule has 2 aromatic carbocycles. The van der Waals surface area contributed by atoms with Crippen LogP contribution in [0.4, 0.5) is 0 Å². The number of ether oxygens (including phenoxy) is 2. The Balaban J connectivity index is 1.41. The second-order valence-electron chi connectivity index (χ2n) is 7.13. The van der Waals surface area contributed by atoms with Crippen molar-refractivity contribution in [2.75, 3.05) is 32.6 Å². The van der Waals surface area contributed by atoms with Crippen molar-refractivity contribution in [2.24, 2.45) is 5.92 Å². The van der Waals surface area contributed by atoms with Gasteiger partial charge >= 0.3 is 0 Å². The average molecular weight is 432 g/mol. The Morgan fingerprint density at radius 2 is 1.76 bits per heavy atom. The monoisotopic (exact) mass is 431 g/mol. The zero-order chi connectivity index (χ0) is 20.4. The summed E-state index contributed by atoms with van der Waals surface area (Å²) in [6.07, 6.45) is 3.24. The van der Waals surface area contributed by atoms with Gasteiger partial charge in [-0.1, -0.05) is 11.6 Å². The normalized spacial score (nSPS) is 16.6. The van der Waals surface area contributed by atoms with Crippen molar-refractivity contribution in [1.82, 2.24) is 4.90 Å². The van der Waals surface area contributed by atoms with Crippen LogP contribution in [0.5, 0.6) is 11.5 Å². The molecule has 5 nitrogen and oxygen atoms in total. The molecule has 0 unspecified atom stereocenters. The van der Waals surface area contributed by atoms with Crippen LogP contribution in [0.2, 0.25) is 5.02 Å². The second-order valence-corrected chi connectivity index (χ2v) is 8.42. The van der Waals surface area contributed by atoms with E-state index in [-0.39, 0.29) is 17.6 Å². The van der Waals surface area contributed by atoms with Crippen molar-refractivity contribution >= 4 is 35.1 Å². The highest BCUT2D eigenvalue weighted by Gasteiger charge is 2.30. The van der Waals surface area contributed by atoms with Gasteiger partial charge in [-0.3, -0.25) is 9.59 Å². The lowest BCUT2D eigenvalue weighted by molar-refractivity contribution is 0.0650. The first-order valence-electron chi connectivity index (χ1n) is 9.63. The number of halogens is 1. The number of ketones is 1. The topological polar surface area (TPSA) is 55.8 Å². The van der Waals surface area contributed by atoms with E-state index in [2.05, 4.69) is 0 Å². The summed E-state index contributed by atoms with van der Waals surface area (Å²) in [6, 6.07) is 10.9. The van der Waals surface area contributed by atoms with Crippen LogP contribution in [0.25, 0.3) is 0 Å². The van der Waals surface area contributed by atoms with Crippen molar-refractivity contribution in [3.8, 4) is 11.5 Å². The third-order valence-electron chi connectivity index (χ3n) is 5.38. The fourth-order valence-corrected chi connectivity index (χ4v) is 4.38. The Morgan fingerprint density at radius 3 is 2.48 bits per heavy atom. The number of carbonyl (C=O) groups is 2. The Bertz CT molecular complexity index is 940. The lowest BCUT2D eigenvalue weighted by atomic mass is 9.88. The molecule has 0 bridgehead atoms.